The predicted octanol–water partition coefficient (Wildman–Crippen LogP) is 4.09. The van der Waals surface area contributed by atoms with E-state index < -0.39 is 11.3 Å². The molecule has 5 nitrogen and oxygen atoms in total. The first kappa shape index (κ1) is 16.9. The fourth-order valence-electron chi connectivity index (χ4n) is 4.50. The van der Waals surface area contributed by atoms with E-state index >= 15 is 0 Å². The first-order chi connectivity index (χ1) is 12.7. The van der Waals surface area contributed by atoms with Gasteiger partial charge in [-0.15, -0.1) is 11.3 Å². The van der Waals surface area contributed by atoms with Gasteiger partial charge in [0.2, 0.25) is 5.91 Å². The number of aromatic nitrogens is 1. The van der Waals surface area contributed by atoms with E-state index in [0.717, 1.165) is 48.4 Å². The van der Waals surface area contributed by atoms with Crippen LogP contribution in [0.15, 0.2) is 35.7 Å². The Bertz CT molecular complexity index is 877. The second-order valence-electron chi connectivity index (χ2n) is 7.13. The number of carbonyl (C=O) groups is 1. The molecule has 6 heteroatoms. The average Bonchev–Trinajstić information content (AvgIpc) is 3.12. The maximum absolute atomic E-state index is 12.4. The highest BCUT2D eigenvalue weighted by Crippen LogP contribution is 2.55. The molecule has 26 heavy (non-hydrogen) atoms. The second kappa shape index (κ2) is 6.65. The summed E-state index contributed by atoms with van der Waals surface area (Å²) in [6.45, 7) is 0. The van der Waals surface area contributed by atoms with E-state index in [1.807, 2.05) is 35.7 Å². The summed E-state index contributed by atoms with van der Waals surface area (Å²) >= 11 is 1.52. The monoisotopic (exact) mass is 364 g/mol. The number of hydrogen-bond donors (Lipinski definition) is 2. The summed E-state index contributed by atoms with van der Waals surface area (Å²) in [6, 6.07) is 12.2. The molecular weight excluding hydrogens is 344 g/mol. The van der Waals surface area contributed by atoms with Gasteiger partial charge >= 0.3 is 0 Å². The third-order valence-corrected chi connectivity index (χ3v) is 6.62. The molecular formula is C20H20N4OS. The normalized spacial score (nSPS) is 24.9. The fraction of sp³-hybridized carbons (Fsp3) is 0.400. The van der Waals surface area contributed by atoms with Gasteiger partial charge in [0.15, 0.2) is 0 Å². The number of hydrogen-bond acceptors (Lipinski definition) is 5. The summed E-state index contributed by atoms with van der Waals surface area (Å²) in [5, 5.41) is 23.7. The largest absolute Gasteiger partial charge is 0.313 e. The van der Waals surface area contributed by atoms with Crippen molar-refractivity contribution in [2.75, 3.05) is 0 Å². The molecule has 1 aromatic heterocycles. The van der Waals surface area contributed by atoms with Crippen LogP contribution in [0.4, 0.5) is 0 Å². The van der Waals surface area contributed by atoms with E-state index in [0.29, 0.717) is 0 Å². The van der Waals surface area contributed by atoms with Crippen molar-refractivity contribution in [1.29, 1.82) is 10.7 Å². The Morgan fingerprint density at radius 3 is 2.65 bits per heavy atom. The second-order valence-corrected chi connectivity index (χ2v) is 8.02. The van der Waals surface area contributed by atoms with Crippen molar-refractivity contribution in [3.63, 3.8) is 0 Å². The van der Waals surface area contributed by atoms with Gasteiger partial charge in [-0.05, 0) is 12.8 Å². The average molecular weight is 364 g/mol. The molecule has 1 saturated heterocycles. The van der Waals surface area contributed by atoms with Gasteiger partial charge < -0.3 is 5.32 Å². The van der Waals surface area contributed by atoms with Crippen LogP contribution in [0.25, 0.3) is 11.3 Å². The van der Waals surface area contributed by atoms with E-state index in [2.05, 4.69) is 11.4 Å². The molecule has 2 unspecified atom stereocenters. The molecule has 2 aromatic rings. The quantitative estimate of drug-likeness (QED) is 0.841. The van der Waals surface area contributed by atoms with Crippen LogP contribution in [-0.4, -0.2) is 16.7 Å². The van der Waals surface area contributed by atoms with Crippen LogP contribution in [0.5, 0.6) is 0 Å². The number of rotatable bonds is 2. The van der Waals surface area contributed by atoms with Crippen LogP contribution in [-0.2, 0) is 4.79 Å². The van der Waals surface area contributed by atoms with Crippen molar-refractivity contribution in [3.8, 4) is 17.3 Å². The zero-order valence-electron chi connectivity index (χ0n) is 14.4. The van der Waals surface area contributed by atoms with Gasteiger partial charge in [-0.25, -0.2) is 4.98 Å². The molecule has 132 valence electrons. The van der Waals surface area contributed by atoms with Crippen LogP contribution in [0.3, 0.4) is 0 Å². The van der Waals surface area contributed by atoms with E-state index in [4.69, 9.17) is 10.4 Å². The summed E-state index contributed by atoms with van der Waals surface area (Å²) in [4.78, 5) is 17.2. The summed E-state index contributed by atoms with van der Waals surface area (Å²) in [5.41, 5.74) is 1.42. The lowest BCUT2D eigenvalue weighted by Gasteiger charge is -2.48. The first-order valence-corrected chi connectivity index (χ1v) is 9.83. The number of nitrogens with one attached hydrogen (secondary N) is 2. The highest BCUT2D eigenvalue weighted by atomic mass is 32.1. The predicted molar refractivity (Wildman–Crippen MR) is 101 cm³/mol. The van der Waals surface area contributed by atoms with Gasteiger partial charge in [-0.1, -0.05) is 49.6 Å². The molecule has 4 rings (SSSR count). The Hall–Kier alpha value is -2.52. The van der Waals surface area contributed by atoms with Gasteiger partial charge in [0.05, 0.1) is 17.7 Å². The molecule has 2 aliphatic rings. The van der Waals surface area contributed by atoms with Crippen molar-refractivity contribution in [2.45, 2.75) is 38.0 Å². The summed E-state index contributed by atoms with van der Waals surface area (Å²) in [5.74, 6) is -1.16. The standard InChI is InChI=1S/C20H20N4OS/c21-11-14-18(25)24-17(22)16(20(14)9-5-2-6-10-20)19-23-15(12-26-19)13-7-3-1-4-8-13/h1,3-4,7-8,12,14,16H,2,5-6,9-10H2,(H2,22,24,25). The summed E-state index contributed by atoms with van der Waals surface area (Å²) in [6.07, 6.45) is 4.70. The fourth-order valence-corrected chi connectivity index (χ4v) is 5.56. The van der Waals surface area contributed by atoms with Crippen molar-refractivity contribution in [3.05, 3.63) is 40.7 Å². The van der Waals surface area contributed by atoms with Crippen molar-refractivity contribution in [1.82, 2.24) is 10.3 Å². The molecule has 2 N–H and O–H groups in total. The molecule has 2 heterocycles. The van der Waals surface area contributed by atoms with Gasteiger partial charge in [0, 0.05) is 16.4 Å². The molecule has 2 fully saturated rings. The minimum atomic E-state index is -0.717. The smallest absolute Gasteiger partial charge is 0.243 e. The van der Waals surface area contributed by atoms with Crippen molar-refractivity contribution >= 4 is 23.1 Å². The number of amides is 1. The molecule has 2 atom stereocenters. The number of carbonyl (C=O) groups excluding carboxylic acids is 1. The van der Waals surface area contributed by atoms with E-state index in [9.17, 15) is 10.1 Å². The van der Waals surface area contributed by atoms with Gasteiger partial charge in [-0.3, -0.25) is 10.2 Å². The lowest BCUT2D eigenvalue weighted by atomic mass is 9.57. The number of amidine groups is 1. The Balaban J connectivity index is 1.78. The molecule has 1 saturated carbocycles. The highest BCUT2D eigenvalue weighted by molar-refractivity contribution is 7.10. The third kappa shape index (κ3) is 2.63. The van der Waals surface area contributed by atoms with Crippen LogP contribution >= 0.6 is 11.3 Å². The Morgan fingerprint density at radius 1 is 1.23 bits per heavy atom. The van der Waals surface area contributed by atoms with E-state index in [-0.39, 0.29) is 17.7 Å². The molecule has 0 radical (unpaired) electrons. The van der Waals surface area contributed by atoms with E-state index in [1.165, 1.54) is 11.3 Å². The minimum Gasteiger partial charge on any atom is -0.313 e. The molecule has 1 aliphatic carbocycles. The SMILES string of the molecule is N#CC1C(=O)NC(=N)C(c2nc(-c3ccccc3)cs2)C12CCCCC2. The molecule has 1 aromatic carbocycles. The number of nitrogens with zero attached hydrogens (tertiary/aromatic N) is 2. The van der Waals surface area contributed by atoms with Crippen LogP contribution in [0.1, 0.15) is 43.0 Å². The number of thiazole rings is 1. The Morgan fingerprint density at radius 2 is 1.96 bits per heavy atom. The summed E-state index contributed by atoms with van der Waals surface area (Å²) in [7, 11) is 0. The number of nitriles is 1. The van der Waals surface area contributed by atoms with Crippen LogP contribution in [0.2, 0.25) is 0 Å². The lowest BCUT2D eigenvalue weighted by molar-refractivity contribution is -0.128. The topological polar surface area (TPSA) is 89.6 Å². The third-order valence-electron chi connectivity index (χ3n) is 5.71. The molecule has 1 amide bonds. The zero-order chi connectivity index (χ0) is 18.1. The van der Waals surface area contributed by atoms with Crippen molar-refractivity contribution in [2.24, 2.45) is 11.3 Å². The Labute approximate surface area is 156 Å². The number of benzene rings is 1. The van der Waals surface area contributed by atoms with Crippen molar-refractivity contribution < 1.29 is 4.79 Å². The van der Waals surface area contributed by atoms with Gasteiger partial charge in [0.1, 0.15) is 16.8 Å². The minimum absolute atomic E-state index is 0.192. The maximum Gasteiger partial charge on any atom is 0.243 e. The zero-order valence-corrected chi connectivity index (χ0v) is 15.2. The highest BCUT2D eigenvalue weighted by Gasteiger charge is 2.56. The molecule has 1 aliphatic heterocycles. The van der Waals surface area contributed by atoms with Gasteiger partial charge in [-0.2, -0.15) is 5.26 Å². The lowest BCUT2D eigenvalue weighted by Crippen LogP contribution is -2.57. The summed E-state index contributed by atoms with van der Waals surface area (Å²) < 4.78 is 0. The molecule has 1 spiro atoms. The van der Waals surface area contributed by atoms with Gasteiger partial charge in [0.25, 0.3) is 0 Å². The van der Waals surface area contributed by atoms with E-state index in [1.54, 1.807) is 0 Å². The van der Waals surface area contributed by atoms with Crippen LogP contribution < -0.4 is 5.32 Å². The van der Waals surface area contributed by atoms with Crippen LogP contribution in [0, 0.1) is 28.1 Å². The number of piperidine rings is 1. The first-order valence-electron chi connectivity index (χ1n) is 8.95. The Kier molecular flexibility index (Phi) is 4.33. The molecule has 0 bridgehead atoms. The maximum atomic E-state index is 12.4.